The Morgan fingerprint density at radius 3 is 2.90 bits per heavy atom. The number of nitrogens with one attached hydrogen (secondary N) is 1. The Kier molecular flexibility index (Phi) is 3.45. The van der Waals surface area contributed by atoms with E-state index < -0.39 is 0 Å². The summed E-state index contributed by atoms with van der Waals surface area (Å²) in [6.07, 6.45) is 0. The molecular formula is C15H12N2O3S. The van der Waals surface area contributed by atoms with Crippen LogP contribution in [-0.4, -0.2) is 23.1 Å². The third kappa shape index (κ3) is 2.80. The van der Waals surface area contributed by atoms with E-state index in [0.717, 1.165) is 16.0 Å². The van der Waals surface area contributed by atoms with Crippen molar-refractivity contribution in [3.8, 4) is 11.5 Å². The third-order valence-electron chi connectivity index (χ3n) is 2.92. The van der Waals surface area contributed by atoms with Crippen LogP contribution >= 0.6 is 11.3 Å². The van der Waals surface area contributed by atoms with Crippen molar-refractivity contribution < 1.29 is 14.6 Å². The zero-order chi connectivity index (χ0) is 14.8. The van der Waals surface area contributed by atoms with Gasteiger partial charge in [-0.3, -0.25) is 10.1 Å². The number of hydrogen-bond donors (Lipinski definition) is 2. The lowest BCUT2D eigenvalue weighted by atomic mass is 10.2. The molecule has 0 aliphatic rings. The highest BCUT2D eigenvalue weighted by molar-refractivity contribution is 7.22. The van der Waals surface area contributed by atoms with Gasteiger partial charge in [-0.25, -0.2) is 4.98 Å². The smallest absolute Gasteiger partial charge is 0.257 e. The number of thiazole rings is 1. The third-order valence-corrected chi connectivity index (χ3v) is 3.86. The molecule has 0 aliphatic heterocycles. The second-order valence-corrected chi connectivity index (χ2v) is 5.39. The summed E-state index contributed by atoms with van der Waals surface area (Å²) in [6, 6.07) is 11.7. The zero-order valence-corrected chi connectivity index (χ0v) is 12.0. The molecule has 0 aliphatic carbocycles. The van der Waals surface area contributed by atoms with Crippen molar-refractivity contribution in [2.24, 2.45) is 0 Å². The molecule has 2 aromatic carbocycles. The zero-order valence-electron chi connectivity index (χ0n) is 11.2. The van der Waals surface area contributed by atoms with E-state index in [2.05, 4.69) is 10.3 Å². The van der Waals surface area contributed by atoms with Gasteiger partial charge in [0.1, 0.15) is 11.5 Å². The molecule has 6 heteroatoms. The predicted octanol–water partition coefficient (Wildman–Crippen LogP) is 3.26. The van der Waals surface area contributed by atoms with Gasteiger partial charge in [-0.05, 0) is 36.4 Å². The second-order valence-electron chi connectivity index (χ2n) is 4.36. The number of phenols is 1. The Labute approximate surface area is 124 Å². The molecule has 21 heavy (non-hydrogen) atoms. The second kappa shape index (κ2) is 5.41. The fourth-order valence-electron chi connectivity index (χ4n) is 1.90. The number of rotatable bonds is 3. The molecule has 0 bridgehead atoms. The number of aromatic hydroxyl groups is 1. The predicted molar refractivity (Wildman–Crippen MR) is 82.2 cm³/mol. The maximum absolute atomic E-state index is 12.1. The minimum absolute atomic E-state index is 0.0525. The van der Waals surface area contributed by atoms with Gasteiger partial charge in [0.2, 0.25) is 0 Å². The first-order valence-electron chi connectivity index (χ1n) is 6.20. The van der Waals surface area contributed by atoms with Crippen LogP contribution in [0.3, 0.4) is 0 Å². The van der Waals surface area contributed by atoms with Gasteiger partial charge in [0, 0.05) is 5.56 Å². The lowest BCUT2D eigenvalue weighted by Crippen LogP contribution is -2.11. The van der Waals surface area contributed by atoms with Gasteiger partial charge in [-0.15, -0.1) is 0 Å². The Bertz CT molecular complexity index is 814. The van der Waals surface area contributed by atoms with Crippen LogP contribution in [-0.2, 0) is 0 Å². The topological polar surface area (TPSA) is 71.5 Å². The molecule has 0 fully saturated rings. The number of aromatic nitrogens is 1. The lowest BCUT2D eigenvalue weighted by Gasteiger charge is -2.01. The monoisotopic (exact) mass is 300 g/mol. The van der Waals surface area contributed by atoms with E-state index in [9.17, 15) is 9.90 Å². The van der Waals surface area contributed by atoms with E-state index in [-0.39, 0.29) is 11.7 Å². The molecule has 106 valence electrons. The molecule has 0 spiro atoms. The number of fused-ring (bicyclic) bond motifs is 1. The standard InChI is InChI=1S/C15H12N2O3S/c1-20-11-5-6-12-13(8-11)21-15(16-12)17-14(19)9-3-2-4-10(18)7-9/h2-8,18H,1H3,(H,16,17,19). The summed E-state index contributed by atoms with van der Waals surface area (Å²) in [7, 11) is 1.60. The summed E-state index contributed by atoms with van der Waals surface area (Å²) >= 11 is 1.37. The molecule has 3 rings (SSSR count). The number of methoxy groups -OCH3 is 1. The van der Waals surface area contributed by atoms with E-state index in [4.69, 9.17) is 4.74 Å². The normalized spacial score (nSPS) is 10.5. The molecular weight excluding hydrogens is 288 g/mol. The van der Waals surface area contributed by atoms with Gasteiger partial charge < -0.3 is 9.84 Å². The van der Waals surface area contributed by atoms with Gasteiger partial charge >= 0.3 is 0 Å². The van der Waals surface area contributed by atoms with Gasteiger partial charge in [0.05, 0.1) is 17.3 Å². The Hall–Kier alpha value is -2.60. The van der Waals surface area contributed by atoms with E-state index in [1.807, 2.05) is 18.2 Å². The number of carbonyl (C=O) groups excluding carboxylic acids is 1. The van der Waals surface area contributed by atoms with Crippen LogP contribution in [0.25, 0.3) is 10.2 Å². The molecule has 1 aromatic heterocycles. The van der Waals surface area contributed by atoms with Crippen molar-refractivity contribution in [3.63, 3.8) is 0 Å². The van der Waals surface area contributed by atoms with Crippen molar-refractivity contribution in [1.82, 2.24) is 4.98 Å². The molecule has 5 nitrogen and oxygen atoms in total. The van der Waals surface area contributed by atoms with E-state index >= 15 is 0 Å². The molecule has 0 saturated carbocycles. The highest BCUT2D eigenvalue weighted by Gasteiger charge is 2.10. The average molecular weight is 300 g/mol. The molecule has 2 N–H and O–H groups in total. The van der Waals surface area contributed by atoms with E-state index in [1.165, 1.54) is 23.5 Å². The maximum atomic E-state index is 12.1. The molecule has 0 radical (unpaired) electrons. The minimum Gasteiger partial charge on any atom is -0.508 e. The first kappa shape index (κ1) is 13.4. The van der Waals surface area contributed by atoms with E-state index in [0.29, 0.717) is 10.7 Å². The number of amides is 1. The number of phenolic OH excluding ortho intramolecular Hbond substituents is 1. The first-order chi connectivity index (χ1) is 10.2. The van der Waals surface area contributed by atoms with Gasteiger partial charge in [0.25, 0.3) is 5.91 Å². The van der Waals surface area contributed by atoms with Crippen LogP contribution in [0.4, 0.5) is 5.13 Å². The number of ether oxygens (including phenoxy) is 1. The van der Waals surface area contributed by atoms with Crippen LogP contribution in [0.15, 0.2) is 42.5 Å². The van der Waals surface area contributed by atoms with Crippen LogP contribution in [0, 0.1) is 0 Å². The Morgan fingerprint density at radius 2 is 2.14 bits per heavy atom. The highest BCUT2D eigenvalue weighted by atomic mass is 32.1. The van der Waals surface area contributed by atoms with Crippen molar-refractivity contribution in [1.29, 1.82) is 0 Å². The number of benzene rings is 2. The Balaban J connectivity index is 1.86. The maximum Gasteiger partial charge on any atom is 0.257 e. The number of nitrogens with zero attached hydrogens (tertiary/aromatic N) is 1. The lowest BCUT2D eigenvalue weighted by molar-refractivity contribution is 0.102. The summed E-state index contributed by atoms with van der Waals surface area (Å²) in [6.45, 7) is 0. The molecule has 1 heterocycles. The van der Waals surface area contributed by atoms with Crippen LogP contribution in [0.2, 0.25) is 0 Å². The van der Waals surface area contributed by atoms with Crippen molar-refractivity contribution in [2.45, 2.75) is 0 Å². The SMILES string of the molecule is COc1ccc2nc(NC(=O)c3cccc(O)c3)sc2c1. The molecule has 3 aromatic rings. The average Bonchev–Trinajstić information content (AvgIpc) is 2.88. The van der Waals surface area contributed by atoms with E-state index in [1.54, 1.807) is 19.2 Å². The molecule has 0 saturated heterocycles. The van der Waals surface area contributed by atoms with Gasteiger partial charge in [-0.1, -0.05) is 17.4 Å². The largest absolute Gasteiger partial charge is 0.508 e. The molecule has 0 atom stereocenters. The number of anilines is 1. The van der Waals surface area contributed by atoms with Crippen LogP contribution < -0.4 is 10.1 Å². The summed E-state index contributed by atoms with van der Waals surface area (Å²) in [4.78, 5) is 16.4. The van der Waals surface area contributed by atoms with Gasteiger partial charge in [0.15, 0.2) is 5.13 Å². The summed E-state index contributed by atoms with van der Waals surface area (Å²) in [5.41, 5.74) is 1.18. The fourth-order valence-corrected chi connectivity index (χ4v) is 2.79. The molecule has 1 amide bonds. The van der Waals surface area contributed by atoms with Crippen LogP contribution in [0.1, 0.15) is 10.4 Å². The minimum atomic E-state index is -0.308. The van der Waals surface area contributed by atoms with Crippen molar-refractivity contribution in [3.05, 3.63) is 48.0 Å². The fraction of sp³-hybridized carbons (Fsp3) is 0.0667. The quantitative estimate of drug-likeness (QED) is 0.779. The van der Waals surface area contributed by atoms with Crippen LogP contribution in [0.5, 0.6) is 11.5 Å². The number of carbonyl (C=O) groups is 1. The van der Waals surface area contributed by atoms with Crippen molar-refractivity contribution >= 4 is 32.6 Å². The number of hydrogen-bond acceptors (Lipinski definition) is 5. The summed E-state index contributed by atoms with van der Waals surface area (Å²) < 4.78 is 6.09. The summed E-state index contributed by atoms with van der Waals surface area (Å²) in [5.74, 6) is 0.491. The van der Waals surface area contributed by atoms with Crippen molar-refractivity contribution in [2.75, 3.05) is 12.4 Å². The Morgan fingerprint density at radius 1 is 1.29 bits per heavy atom. The van der Waals surface area contributed by atoms with Gasteiger partial charge in [-0.2, -0.15) is 0 Å². The first-order valence-corrected chi connectivity index (χ1v) is 7.02. The highest BCUT2D eigenvalue weighted by Crippen LogP contribution is 2.29. The summed E-state index contributed by atoms with van der Waals surface area (Å²) in [5, 5.41) is 12.6. The molecule has 0 unspecified atom stereocenters.